The largest absolute Gasteiger partial charge is 0.466 e. The van der Waals surface area contributed by atoms with Gasteiger partial charge in [0.1, 0.15) is 6.61 Å². The van der Waals surface area contributed by atoms with Crippen LogP contribution in [0.4, 0.5) is 0 Å². The van der Waals surface area contributed by atoms with Crippen molar-refractivity contribution in [2.45, 2.75) is 116 Å². The van der Waals surface area contributed by atoms with E-state index < -0.39 is 0 Å². The number of unbranched alkanes of at least 4 members (excludes halogenated alkanes) is 7. The Morgan fingerprint density at radius 3 is 2.17 bits per heavy atom. The van der Waals surface area contributed by atoms with Crippen LogP contribution in [0.2, 0.25) is 0 Å². The molecule has 1 saturated carbocycles. The van der Waals surface area contributed by atoms with Gasteiger partial charge in [-0.15, -0.1) is 0 Å². The van der Waals surface area contributed by atoms with Gasteiger partial charge < -0.3 is 9.47 Å². The molecule has 4 nitrogen and oxygen atoms in total. The van der Waals surface area contributed by atoms with E-state index in [0.717, 1.165) is 18.8 Å². The van der Waals surface area contributed by atoms with Crippen molar-refractivity contribution in [2.75, 3.05) is 13.2 Å². The Bertz CT molecular complexity index is 438. The van der Waals surface area contributed by atoms with Gasteiger partial charge in [-0.2, -0.15) is 0 Å². The molecule has 0 radical (unpaired) electrons. The van der Waals surface area contributed by atoms with Crippen LogP contribution in [0.3, 0.4) is 0 Å². The summed E-state index contributed by atoms with van der Waals surface area (Å²) in [5.41, 5.74) is 0. The van der Waals surface area contributed by atoms with E-state index in [2.05, 4.69) is 13.0 Å². The molecule has 1 aliphatic rings. The fourth-order valence-corrected chi connectivity index (χ4v) is 3.88. The molecule has 1 aliphatic carbocycles. The molecule has 168 valence electrons. The van der Waals surface area contributed by atoms with Crippen LogP contribution in [0.5, 0.6) is 0 Å². The third-order valence-corrected chi connectivity index (χ3v) is 5.76. The van der Waals surface area contributed by atoms with Gasteiger partial charge in [0.25, 0.3) is 0 Å². The summed E-state index contributed by atoms with van der Waals surface area (Å²) in [7, 11) is 0. The van der Waals surface area contributed by atoms with Crippen molar-refractivity contribution in [3.63, 3.8) is 0 Å². The molecule has 1 rings (SSSR count). The maximum atomic E-state index is 11.7. The second-order valence-corrected chi connectivity index (χ2v) is 8.43. The lowest BCUT2D eigenvalue weighted by Gasteiger charge is -2.21. The zero-order chi connectivity index (χ0) is 21.0. The normalized spacial score (nSPS) is 14.9. The average Bonchev–Trinajstić information content (AvgIpc) is 2.73. The Labute approximate surface area is 178 Å². The first kappa shape index (κ1) is 25.7. The molecule has 0 aromatic rings. The van der Waals surface area contributed by atoms with Gasteiger partial charge in [-0.3, -0.25) is 9.59 Å². The Hall–Kier alpha value is -1.32. The van der Waals surface area contributed by atoms with Crippen LogP contribution in [0.1, 0.15) is 116 Å². The van der Waals surface area contributed by atoms with E-state index in [1.165, 1.54) is 77.0 Å². The highest BCUT2D eigenvalue weighted by Crippen LogP contribution is 2.26. The van der Waals surface area contributed by atoms with E-state index >= 15 is 0 Å². The van der Waals surface area contributed by atoms with Crippen LogP contribution in [0, 0.1) is 5.92 Å². The van der Waals surface area contributed by atoms with Crippen LogP contribution in [0.25, 0.3) is 0 Å². The summed E-state index contributed by atoms with van der Waals surface area (Å²) in [4.78, 5) is 23.4. The molecule has 4 heteroatoms. The van der Waals surface area contributed by atoms with Crippen LogP contribution in [-0.2, 0) is 19.1 Å². The summed E-state index contributed by atoms with van der Waals surface area (Å²) in [5.74, 6) is 0.300. The Kier molecular flexibility index (Phi) is 16.6. The van der Waals surface area contributed by atoms with Crippen molar-refractivity contribution in [1.29, 1.82) is 0 Å². The topological polar surface area (TPSA) is 52.6 Å². The van der Waals surface area contributed by atoms with Crippen molar-refractivity contribution in [1.82, 2.24) is 0 Å². The highest BCUT2D eigenvalue weighted by molar-refractivity contribution is 5.72. The number of ether oxygens (including phenoxy) is 2. The Morgan fingerprint density at radius 1 is 0.793 bits per heavy atom. The molecule has 0 aliphatic heterocycles. The van der Waals surface area contributed by atoms with Crippen LogP contribution in [-0.4, -0.2) is 25.2 Å². The number of rotatable bonds is 17. The van der Waals surface area contributed by atoms with E-state index in [1.807, 2.05) is 6.08 Å². The van der Waals surface area contributed by atoms with Crippen LogP contribution >= 0.6 is 0 Å². The minimum absolute atomic E-state index is 0.191. The van der Waals surface area contributed by atoms with E-state index in [0.29, 0.717) is 26.1 Å². The smallest absolute Gasteiger partial charge is 0.306 e. The maximum absolute atomic E-state index is 11.7. The fourth-order valence-electron chi connectivity index (χ4n) is 3.88. The average molecular weight is 409 g/mol. The van der Waals surface area contributed by atoms with Crippen LogP contribution < -0.4 is 0 Å². The van der Waals surface area contributed by atoms with Gasteiger partial charge in [-0.25, -0.2) is 0 Å². The van der Waals surface area contributed by atoms with Gasteiger partial charge in [0.15, 0.2) is 0 Å². The van der Waals surface area contributed by atoms with Gasteiger partial charge in [0, 0.05) is 12.8 Å². The Morgan fingerprint density at radius 2 is 1.45 bits per heavy atom. The molecule has 0 saturated heterocycles. The fraction of sp³-hybridized carbons (Fsp3) is 0.840. The minimum Gasteiger partial charge on any atom is -0.466 e. The number of hydrogen-bond donors (Lipinski definition) is 0. The summed E-state index contributed by atoms with van der Waals surface area (Å²) < 4.78 is 10.5. The summed E-state index contributed by atoms with van der Waals surface area (Å²) in [5, 5.41) is 0. The second kappa shape index (κ2) is 18.7. The number of carbonyl (C=O) groups excluding carboxylic acids is 2. The van der Waals surface area contributed by atoms with Crippen molar-refractivity contribution < 1.29 is 19.1 Å². The first-order valence-corrected chi connectivity index (χ1v) is 12.2. The number of hydrogen-bond acceptors (Lipinski definition) is 4. The second-order valence-electron chi connectivity index (χ2n) is 8.43. The van der Waals surface area contributed by atoms with E-state index in [4.69, 9.17) is 9.47 Å². The SMILES string of the molecule is CCCCCCCCC/C=C/COC(=O)CCCC(=O)OCCC1CCCCC1. The van der Waals surface area contributed by atoms with E-state index in [9.17, 15) is 9.59 Å². The van der Waals surface area contributed by atoms with Gasteiger partial charge in [-0.1, -0.05) is 89.7 Å². The van der Waals surface area contributed by atoms with E-state index in [-0.39, 0.29) is 18.4 Å². The predicted molar refractivity (Wildman–Crippen MR) is 119 cm³/mol. The zero-order valence-corrected chi connectivity index (χ0v) is 18.8. The summed E-state index contributed by atoms with van der Waals surface area (Å²) >= 11 is 0. The lowest BCUT2D eigenvalue weighted by Crippen LogP contribution is -2.13. The van der Waals surface area contributed by atoms with Gasteiger partial charge >= 0.3 is 11.9 Å². The number of allylic oxidation sites excluding steroid dienone is 1. The summed E-state index contributed by atoms with van der Waals surface area (Å²) in [6.07, 6.45) is 22.9. The molecule has 0 N–H and O–H groups in total. The van der Waals surface area contributed by atoms with Gasteiger partial charge in [0.2, 0.25) is 0 Å². The maximum Gasteiger partial charge on any atom is 0.306 e. The molecule has 0 aromatic heterocycles. The molecule has 0 bridgehead atoms. The molecule has 0 atom stereocenters. The molecule has 0 heterocycles. The van der Waals surface area contributed by atoms with Crippen LogP contribution in [0.15, 0.2) is 12.2 Å². The monoisotopic (exact) mass is 408 g/mol. The highest BCUT2D eigenvalue weighted by Gasteiger charge is 2.14. The molecule has 0 spiro atoms. The molecular weight excluding hydrogens is 364 g/mol. The Balaban J connectivity index is 1.87. The third-order valence-electron chi connectivity index (χ3n) is 5.76. The van der Waals surface area contributed by atoms with Crippen molar-refractivity contribution in [3.05, 3.63) is 12.2 Å². The van der Waals surface area contributed by atoms with Gasteiger partial charge in [-0.05, 0) is 31.6 Å². The third kappa shape index (κ3) is 16.2. The molecule has 29 heavy (non-hydrogen) atoms. The highest BCUT2D eigenvalue weighted by atomic mass is 16.5. The van der Waals surface area contributed by atoms with Crippen molar-refractivity contribution in [2.24, 2.45) is 5.92 Å². The first-order valence-electron chi connectivity index (χ1n) is 12.2. The molecule has 1 fully saturated rings. The predicted octanol–water partition coefficient (Wildman–Crippen LogP) is 6.91. The molecule has 0 unspecified atom stereocenters. The minimum atomic E-state index is -0.236. The van der Waals surface area contributed by atoms with Crippen molar-refractivity contribution in [3.8, 4) is 0 Å². The lowest BCUT2D eigenvalue weighted by atomic mass is 9.87. The van der Waals surface area contributed by atoms with Crippen molar-refractivity contribution >= 4 is 11.9 Å². The quantitative estimate of drug-likeness (QED) is 0.149. The molecule has 0 aromatic carbocycles. The first-order chi connectivity index (χ1) is 14.2. The van der Waals surface area contributed by atoms with E-state index in [1.54, 1.807) is 0 Å². The lowest BCUT2D eigenvalue weighted by molar-refractivity contribution is -0.145. The number of esters is 2. The standard InChI is InChI=1S/C25H44O4/c1-2-3-4-5-6-7-8-9-10-14-21-28-24(26)18-15-19-25(27)29-22-20-23-16-12-11-13-17-23/h10,14,23H,2-9,11-13,15-22H2,1H3/b14-10+. The zero-order valence-electron chi connectivity index (χ0n) is 18.8. The summed E-state index contributed by atoms with van der Waals surface area (Å²) in [6.45, 7) is 3.10. The molecule has 0 amide bonds. The van der Waals surface area contributed by atoms with Gasteiger partial charge in [0.05, 0.1) is 6.61 Å². The summed E-state index contributed by atoms with van der Waals surface area (Å²) in [6, 6.07) is 0. The molecular formula is C25H44O4. The number of carbonyl (C=O) groups is 2.